The third-order valence-corrected chi connectivity index (χ3v) is 5.20. The molecule has 4 rings (SSSR count). The summed E-state index contributed by atoms with van der Waals surface area (Å²) < 4.78 is 47.4. The summed E-state index contributed by atoms with van der Waals surface area (Å²) in [4.78, 5) is 16.5. The lowest BCUT2D eigenvalue weighted by atomic mass is 10.2. The number of hydrogen-bond donors (Lipinski definition) is 3. The Morgan fingerprint density at radius 3 is 2.32 bits per heavy atom. The summed E-state index contributed by atoms with van der Waals surface area (Å²) in [5.41, 5.74) is 3.06. The van der Waals surface area contributed by atoms with Crippen molar-refractivity contribution in [2.75, 3.05) is 17.7 Å². The van der Waals surface area contributed by atoms with Crippen LogP contribution in [0.1, 0.15) is 5.56 Å². The van der Waals surface area contributed by atoms with Crippen molar-refractivity contribution in [1.29, 1.82) is 0 Å². The van der Waals surface area contributed by atoms with Gasteiger partial charge in [0.1, 0.15) is 17.8 Å². The average Bonchev–Trinajstić information content (AvgIpc) is 3.35. The first-order chi connectivity index (χ1) is 18.1. The molecule has 0 aliphatic rings. The van der Waals surface area contributed by atoms with Crippen LogP contribution in [0.2, 0.25) is 0 Å². The quantitative estimate of drug-likeness (QED) is 0.203. The number of nitrogens with one attached hydrogen (secondary N) is 2. The van der Waals surface area contributed by atoms with Crippen LogP contribution in [0.25, 0.3) is 17.1 Å². The molecule has 0 saturated heterocycles. The van der Waals surface area contributed by atoms with E-state index in [9.17, 15) is 23.1 Å². The highest BCUT2D eigenvalue weighted by molar-refractivity contribution is 5.99. The van der Waals surface area contributed by atoms with Crippen LogP contribution in [0.3, 0.4) is 0 Å². The SMILES string of the molecule is COc1ccc(N/C(O)=C\C(=O)Nc2ccc(-c3ncn(-c4ccc(OC(F)(F)F)cc4)n3)cc2)c(C)c1. The highest BCUT2D eigenvalue weighted by atomic mass is 19.4. The van der Waals surface area contributed by atoms with Gasteiger partial charge in [0.25, 0.3) is 5.91 Å². The zero-order chi connectivity index (χ0) is 27.3. The molecule has 1 heterocycles. The van der Waals surface area contributed by atoms with E-state index in [1.165, 1.54) is 35.3 Å². The Morgan fingerprint density at radius 2 is 1.68 bits per heavy atom. The third-order valence-electron chi connectivity index (χ3n) is 5.20. The van der Waals surface area contributed by atoms with Gasteiger partial charge in [0, 0.05) is 16.9 Å². The molecular formula is C26H22F3N5O4. The lowest BCUT2D eigenvalue weighted by Gasteiger charge is -2.10. The maximum atomic E-state index is 12.3. The van der Waals surface area contributed by atoms with Crippen LogP contribution in [0.4, 0.5) is 24.5 Å². The molecule has 1 aromatic heterocycles. The normalized spacial score (nSPS) is 11.7. The Kier molecular flexibility index (Phi) is 7.51. The van der Waals surface area contributed by atoms with E-state index in [2.05, 4.69) is 25.5 Å². The molecule has 9 nitrogen and oxygen atoms in total. The second-order valence-electron chi connectivity index (χ2n) is 7.96. The van der Waals surface area contributed by atoms with Gasteiger partial charge in [-0.1, -0.05) is 0 Å². The van der Waals surface area contributed by atoms with Gasteiger partial charge in [-0.2, -0.15) is 0 Å². The number of amides is 1. The standard InChI is InChI=1S/C26H22F3N5O4/c1-16-13-21(37-2)11-12-22(16)32-24(36)14-23(35)31-18-5-3-17(4-6-18)25-30-15-34(33-25)19-7-9-20(10-8-19)38-26(27,28)29/h3-15,32,36H,1-2H3,(H,31,35)/b24-14+. The van der Waals surface area contributed by atoms with Gasteiger partial charge in [-0.05, 0) is 79.2 Å². The predicted molar refractivity (Wildman–Crippen MR) is 134 cm³/mol. The minimum Gasteiger partial charge on any atom is -0.497 e. The number of carbonyl (C=O) groups is 1. The third kappa shape index (κ3) is 6.81. The van der Waals surface area contributed by atoms with Gasteiger partial charge in [0.05, 0.1) is 18.9 Å². The number of halogens is 3. The van der Waals surface area contributed by atoms with Crippen molar-refractivity contribution in [3.05, 3.63) is 90.6 Å². The van der Waals surface area contributed by atoms with Crippen molar-refractivity contribution in [3.63, 3.8) is 0 Å². The van der Waals surface area contributed by atoms with Gasteiger partial charge >= 0.3 is 6.36 Å². The van der Waals surface area contributed by atoms with E-state index in [-0.39, 0.29) is 11.6 Å². The summed E-state index contributed by atoms with van der Waals surface area (Å²) in [6.45, 7) is 1.83. The summed E-state index contributed by atoms with van der Waals surface area (Å²) in [6, 6.07) is 17.1. The first kappa shape index (κ1) is 26.1. The number of aryl methyl sites for hydroxylation is 1. The molecule has 12 heteroatoms. The van der Waals surface area contributed by atoms with Crippen LogP contribution in [0, 0.1) is 6.92 Å². The smallest absolute Gasteiger partial charge is 0.497 e. The molecule has 0 spiro atoms. The largest absolute Gasteiger partial charge is 0.573 e. The van der Waals surface area contributed by atoms with Crippen molar-refractivity contribution in [2.24, 2.45) is 0 Å². The Labute approximate surface area is 215 Å². The van der Waals surface area contributed by atoms with Crippen LogP contribution in [-0.2, 0) is 4.79 Å². The molecule has 1 amide bonds. The lowest BCUT2D eigenvalue weighted by molar-refractivity contribution is -0.274. The van der Waals surface area contributed by atoms with Crippen LogP contribution in [-0.4, -0.2) is 39.3 Å². The summed E-state index contributed by atoms with van der Waals surface area (Å²) in [5.74, 6) is -0.174. The van der Waals surface area contributed by atoms with E-state index in [0.717, 1.165) is 11.6 Å². The Balaban J connectivity index is 1.37. The highest BCUT2D eigenvalue weighted by Gasteiger charge is 2.31. The number of alkyl halides is 3. The molecule has 0 fully saturated rings. The molecule has 3 aromatic carbocycles. The van der Waals surface area contributed by atoms with Gasteiger partial charge in [0.2, 0.25) is 0 Å². The molecule has 0 unspecified atom stereocenters. The van der Waals surface area contributed by atoms with Gasteiger partial charge in [0.15, 0.2) is 11.7 Å². The number of anilines is 2. The summed E-state index contributed by atoms with van der Waals surface area (Å²) in [6.07, 6.45) is -2.32. The zero-order valence-corrected chi connectivity index (χ0v) is 20.2. The van der Waals surface area contributed by atoms with Crippen LogP contribution in [0.5, 0.6) is 11.5 Å². The number of methoxy groups -OCH3 is 1. The fourth-order valence-electron chi connectivity index (χ4n) is 3.40. The van der Waals surface area contributed by atoms with E-state index in [0.29, 0.717) is 34.2 Å². The number of hydrogen-bond acceptors (Lipinski definition) is 7. The summed E-state index contributed by atoms with van der Waals surface area (Å²) in [5, 5.41) is 19.9. The van der Waals surface area contributed by atoms with Gasteiger partial charge in [-0.3, -0.25) is 4.79 Å². The van der Waals surface area contributed by atoms with Crippen molar-refractivity contribution >= 4 is 17.3 Å². The fraction of sp³-hybridized carbons (Fsp3) is 0.115. The van der Waals surface area contributed by atoms with Crippen LogP contribution >= 0.6 is 0 Å². The Hall–Kier alpha value is -5.00. The molecule has 3 N–H and O–H groups in total. The molecule has 4 aromatic rings. The Bertz CT molecular complexity index is 1450. The predicted octanol–water partition coefficient (Wildman–Crippen LogP) is 5.60. The van der Waals surface area contributed by atoms with E-state index < -0.39 is 12.3 Å². The molecule has 0 aliphatic heterocycles. The summed E-state index contributed by atoms with van der Waals surface area (Å²) in [7, 11) is 1.56. The van der Waals surface area contributed by atoms with Gasteiger partial charge in [-0.15, -0.1) is 18.3 Å². The molecule has 196 valence electrons. The number of ether oxygens (including phenoxy) is 2. The van der Waals surface area contributed by atoms with Crippen molar-refractivity contribution < 1.29 is 32.5 Å². The molecule has 38 heavy (non-hydrogen) atoms. The highest BCUT2D eigenvalue weighted by Crippen LogP contribution is 2.25. The maximum Gasteiger partial charge on any atom is 0.573 e. The number of rotatable bonds is 8. The molecule has 0 saturated carbocycles. The lowest BCUT2D eigenvalue weighted by Crippen LogP contribution is -2.17. The van der Waals surface area contributed by atoms with Crippen molar-refractivity contribution in [3.8, 4) is 28.6 Å². The minimum absolute atomic E-state index is 0.333. The second-order valence-corrected chi connectivity index (χ2v) is 7.96. The van der Waals surface area contributed by atoms with E-state index in [4.69, 9.17) is 4.74 Å². The zero-order valence-electron chi connectivity index (χ0n) is 20.2. The monoisotopic (exact) mass is 525 g/mol. The van der Waals surface area contributed by atoms with E-state index >= 15 is 0 Å². The minimum atomic E-state index is -4.77. The first-order valence-corrected chi connectivity index (χ1v) is 11.1. The maximum absolute atomic E-state index is 12.3. The molecule has 0 aliphatic carbocycles. The molecular weight excluding hydrogens is 503 g/mol. The second kappa shape index (κ2) is 10.9. The fourth-order valence-corrected chi connectivity index (χ4v) is 3.40. The summed E-state index contributed by atoms with van der Waals surface area (Å²) >= 11 is 0. The van der Waals surface area contributed by atoms with Crippen molar-refractivity contribution in [1.82, 2.24) is 14.8 Å². The Morgan fingerprint density at radius 1 is 1.00 bits per heavy atom. The van der Waals surface area contributed by atoms with E-state index in [1.807, 2.05) is 6.92 Å². The number of carbonyl (C=O) groups excluding carboxylic acids is 1. The molecule has 0 bridgehead atoms. The number of aliphatic hydroxyl groups is 1. The number of benzene rings is 3. The number of aromatic nitrogens is 3. The van der Waals surface area contributed by atoms with E-state index in [1.54, 1.807) is 49.6 Å². The van der Waals surface area contributed by atoms with Crippen LogP contribution < -0.4 is 20.1 Å². The van der Waals surface area contributed by atoms with Gasteiger partial charge in [-0.25, -0.2) is 9.67 Å². The molecule has 0 atom stereocenters. The van der Waals surface area contributed by atoms with Gasteiger partial charge < -0.3 is 25.2 Å². The average molecular weight is 525 g/mol. The molecule has 0 radical (unpaired) electrons. The first-order valence-electron chi connectivity index (χ1n) is 11.1. The van der Waals surface area contributed by atoms with Crippen molar-refractivity contribution in [2.45, 2.75) is 13.3 Å². The topological polar surface area (TPSA) is 111 Å². The number of nitrogens with zero attached hydrogens (tertiary/aromatic N) is 3. The van der Waals surface area contributed by atoms with Crippen LogP contribution in [0.15, 0.2) is 85.0 Å². The number of aliphatic hydroxyl groups excluding tert-OH is 1.